The monoisotopic (exact) mass is 491 g/mol. The lowest BCUT2D eigenvalue weighted by Crippen LogP contribution is -2.50. The molecule has 36 heavy (non-hydrogen) atoms. The van der Waals surface area contributed by atoms with Crippen molar-refractivity contribution in [3.63, 3.8) is 0 Å². The van der Waals surface area contributed by atoms with E-state index in [0.29, 0.717) is 34.5 Å². The summed E-state index contributed by atoms with van der Waals surface area (Å²) in [6.45, 7) is 6.25. The van der Waals surface area contributed by atoms with Crippen LogP contribution in [0.1, 0.15) is 95.4 Å². The zero-order valence-corrected chi connectivity index (χ0v) is 21.5. The van der Waals surface area contributed by atoms with Gasteiger partial charge in [0.15, 0.2) is 5.78 Å². The number of hydrogen-bond acceptors (Lipinski definition) is 6. The normalized spacial score (nSPS) is 20.8. The SMILES string of the molecule is CCCCCNc1cc(C(=O)NC2CC3CCC(C2)N3c2ccc(C(C)=O)cn2)c(C)cc1C(N)=O. The number of anilines is 2. The van der Waals surface area contributed by atoms with Crippen molar-refractivity contribution >= 4 is 29.1 Å². The Balaban J connectivity index is 1.45. The van der Waals surface area contributed by atoms with Crippen LogP contribution in [0.5, 0.6) is 0 Å². The molecule has 2 saturated heterocycles. The van der Waals surface area contributed by atoms with Crippen molar-refractivity contribution in [1.29, 1.82) is 0 Å². The molecule has 1 aromatic heterocycles. The van der Waals surface area contributed by atoms with Crippen molar-refractivity contribution < 1.29 is 14.4 Å². The molecule has 3 heterocycles. The van der Waals surface area contributed by atoms with Crippen molar-refractivity contribution in [2.24, 2.45) is 5.73 Å². The largest absolute Gasteiger partial charge is 0.384 e. The van der Waals surface area contributed by atoms with Gasteiger partial charge >= 0.3 is 0 Å². The van der Waals surface area contributed by atoms with E-state index < -0.39 is 5.91 Å². The van der Waals surface area contributed by atoms with Gasteiger partial charge in [-0.1, -0.05) is 19.8 Å². The Kier molecular flexibility index (Phi) is 7.91. The minimum Gasteiger partial charge on any atom is -0.384 e. The molecule has 0 saturated carbocycles. The number of benzene rings is 1. The number of pyridine rings is 1. The summed E-state index contributed by atoms with van der Waals surface area (Å²) < 4.78 is 0. The summed E-state index contributed by atoms with van der Waals surface area (Å²) in [5.74, 6) is 0.282. The number of ketones is 1. The van der Waals surface area contributed by atoms with Gasteiger partial charge < -0.3 is 21.3 Å². The van der Waals surface area contributed by atoms with Crippen molar-refractivity contribution in [3.05, 3.63) is 52.7 Å². The number of fused-ring (bicyclic) bond motifs is 2. The van der Waals surface area contributed by atoms with Gasteiger partial charge in [0.05, 0.1) is 5.56 Å². The number of nitrogens with one attached hydrogen (secondary N) is 2. The molecule has 2 fully saturated rings. The summed E-state index contributed by atoms with van der Waals surface area (Å²) in [6.07, 6.45) is 8.64. The van der Waals surface area contributed by atoms with Crippen molar-refractivity contribution in [2.45, 2.75) is 83.8 Å². The zero-order valence-electron chi connectivity index (χ0n) is 21.5. The van der Waals surface area contributed by atoms with E-state index in [0.717, 1.165) is 62.9 Å². The van der Waals surface area contributed by atoms with Crippen molar-refractivity contribution in [2.75, 3.05) is 16.8 Å². The Labute approximate surface area is 213 Å². The van der Waals surface area contributed by atoms with Crippen LogP contribution in [0.3, 0.4) is 0 Å². The van der Waals surface area contributed by atoms with E-state index in [2.05, 4.69) is 27.4 Å². The van der Waals surface area contributed by atoms with Gasteiger partial charge in [-0.05, 0) is 75.8 Å². The van der Waals surface area contributed by atoms with Crippen LogP contribution >= 0.6 is 0 Å². The van der Waals surface area contributed by atoms with E-state index in [-0.39, 0.29) is 17.7 Å². The van der Waals surface area contributed by atoms with Gasteiger partial charge in [-0.3, -0.25) is 14.4 Å². The average Bonchev–Trinajstić information content (AvgIpc) is 3.12. The molecule has 1 aromatic carbocycles. The van der Waals surface area contributed by atoms with Gasteiger partial charge in [0.1, 0.15) is 5.82 Å². The van der Waals surface area contributed by atoms with Gasteiger partial charge in [-0.25, -0.2) is 4.98 Å². The minimum absolute atomic E-state index is 0.0110. The number of Topliss-reactive ketones (excluding diaryl/α,β-unsaturated/α-hetero) is 1. The second-order valence-corrected chi connectivity index (χ2v) is 10.1. The number of aryl methyl sites for hydroxylation is 1. The number of amides is 2. The zero-order chi connectivity index (χ0) is 25.8. The fourth-order valence-electron chi connectivity index (χ4n) is 5.58. The molecular formula is C28H37N5O3. The predicted molar refractivity (Wildman–Crippen MR) is 142 cm³/mol. The first-order valence-corrected chi connectivity index (χ1v) is 13.0. The fourth-order valence-corrected chi connectivity index (χ4v) is 5.58. The van der Waals surface area contributed by atoms with Crippen LogP contribution in [-0.4, -0.2) is 47.3 Å². The first-order chi connectivity index (χ1) is 17.3. The van der Waals surface area contributed by atoms with Crippen LogP contribution in [0.25, 0.3) is 0 Å². The summed E-state index contributed by atoms with van der Waals surface area (Å²) in [5.41, 5.74) is 8.54. The summed E-state index contributed by atoms with van der Waals surface area (Å²) in [4.78, 5) is 43.8. The molecule has 0 spiro atoms. The van der Waals surface area contributed by atoms with E-state index in [9.17, 15) is 14.4 Å². The molecule has 2 bridgehead atoms. The average molecular weight is 492 g/mol. The topological polar surface area (TPSA) is 117 Å². The van der Waals surface area contributed by atoms with Crippen LogP contribution in [0.4, 0.5) is 11.5 Å². The number of piperidine rings is 1. The highest BCUT2D eigenvalue weighted by molar-refractivity contribution is 6.03. The molecule has 2 aliphatic rings. The number of nitrogens with zero attached hydrogens (tertiary/aromatic N) is 2. The summed E-state index contributed by atoms with van der Waals surface area (Å²) in [5, 5.41) is 6.55. The van der Waals surface area contributed by atoms with Gasteiger partial charge in [-0.2, -0.15) is 0 Å². The second kappa shape index (κ2) is 11.1. The molecule has 4 rings (SSSR count). The number of nitrogens with two attached hydrogens (primary N) is 1. The molecule has 2 amide bonds. The molecule has 192 valence electrons. The number of unbranched alkanes of at least 4 members (excludes halogenated alkanes) is 2. The van der Waals surface area contributed by atoms with E-state index in [1.807, 2.05) is 19.1 Å². The Hall–Kier alpha value is -3.42. The van der Waals surface area contributed by atoms with Crippen molar-refractivity contribution in [1.82, 2.24) is 10.3 Å². The van der Waals surface area contributed by atoms with Gasteiger partial charge in [-0.15, -0.1) is 0 Å². The highest BCUT2D eigenvalue weighted by Gasteiger charge is 2.42. The summed E-state index contributed by atoms with van der Waals surface area (Å²) in [6, 6.07) is 7.92. The number of primary amides is 1. The van der Waals surface area contributed by atoms with Crippen LogP contribution in [0.15, 0.2) is 30.5 Å². The molecule has 4 N–H and O–H groups in total. The first-order valence-electron chi connectivity index (χ1n) is 13.0. The van der Waals surface area contributed by atoms with E-state index >= 15 is 0 Å². The van der Waals surface area contributed by atoms with Crippen LogP contribution in [0.2, 0.25) is 0 Å². The van der Waals surface area contributed by atoms with E-state index in [1.54, 1.807) is 25.3 Å². The quantitative estimate of drug-likeness (QED) is 0.338. The Morgan fingerprint density at radius 3 is 2.39 bits per heavy atom. The summed E-state index contributed by atoms with van der Waals surface area (Å²) in [7, 11) is 0. The van der Waals surface area contributed by atoms with Gasteiger partial charge in [0.2, 0.25) is 0 Å². The van der Waals surface area contributed by atoms with Gasteiger partial charge in [0.25, 0.3) is 11.8 Å². The molecular weight excluding hydrogens is 454 g/mol. The minimum atomic E-state index is -0.503. The van der Waals surface area contributed by atoms with E-state index in [1.165, 1.54) is 0 Å². The third-order valence-electron chi connectivity index (χ3n) is 7.46. The molecule has 8 nitrogen and oxygen atoms in total. The van der Waals surface area contributed by atoms with Gasteiger partial charge in [0, 0.05) is 47.7 Å². The molecule has 2 aromatic rings. The molecule has 0 radical (unpaired) electrons. The molecule has 2 aliphatic heterocycles. The maximum Gasteiger partial charge on any atom is 0.251 e. The summed E-state index contributed by atoms with van der Waals surface area (Å²) >= 11 is 0. The van der Waals surface area contributed by atoms with Crippen molar-refractivity contribution in [3.8, 4) is 0 Å². The standard InChI is InChI=1S/C28H37N5O3/c1-4-5-6-11-30-25-15-23(17(2)12-24(25)27(29)35)28(36)32-20-13-21-8-9-22(14-20)33(21)26-10-7-19(16-31-26)18(3)34/h7,10,12,15-16,20-22,30H,4-6,8-9,11,13-14H2,1-3H3,(H2,29,35)(H,32,36). The number of carbonyl (C=O) groups is 3. The number of carbonyl (C=O) groups excluding carboxylic acids is 3. The Morgan fingerprint density at radius 2 is 1.81 bits per heavy atom. The molecule has 0 aliphatic carbocycles. The highest BCUT2D eigenvalue weighted by Crippen LogP contribution is 2.38. The highest BCUT2D eigenvalue weighted by atomic mass is 16.2. The van der Waals surface area contributed by atoms with Crippen LogP contribution in [-0.2, 0) is 0 Å². The molecule has 2 unspecified atom stereocenters. The molecule has 2 atom stereocenters. The third-order valence-corrected chi connectivity index (χ3v) is 7.46. The Morgan fingerprint density at radius 1 is 1.08 bits per heavy atom. The number of rotatable bonds is 10. The molecule has 8 heteroatoms. The number of hydrogen-bond donors (Lipinski definition) is 3. The number of aromatic nitrogens is 1. The fraction of sp³-hybridized carbons (Fsp3) is 0.500. The smallest absolute Gasteiger partial charge is 0.251 e. The van der Waals surface area contributed by atoms with E-state index in [4.69, 9.17) is 5.73 Å². The maximum absolute atomic E-state index is 13.3. The lowest BCUT2D eigenvalue weighted by molar-refractivity contribution is 0.0924. The lowest BCUT2D eigenvalue weighted by Gasteiger charge is -2.40. The predicted octanol–water partition coefficient (Wildman–Crippen LogP) is 4.22. The second-order valence-electron chi connectivity index (χ2n) is 10.1. The van der Waals surface area contributed by atoms with Crippen LogP contribution < -0.4 is 21.3 Å². The Bertz CT molecular complexity index is 1120. The third kappa shape index (κ3) is 5.53. The lowest BCUT2D eigenvalue weighted by atomic mass is 9.96. The maximum atomic E-state index is 13.3. The van der Waals surface area contributed by atoms with Crippen LogP contribution in [0, 0.1) is 6.92 Å². The first kappa shape index (κ1) is 25.7.